The van der Waals surface area contributed by atoms with Crippen molar-refractivity contribution in [3.8, 4) is 28.4 Å². The Morgan fingerprint density at radius 2 is 1.27 bits per heavy atom. The van der Waals surface area contributed by atoms with Gasteiger partial charge in [0.1, 0.15) is 17.2 Å². The summed E-state index contributed by atoms with van der Waals surface area (Å²) in [6, 6.07) is 20.5. The van der Waals surface area contributed by atoms with Crippen molar-refractivity contribution < 1.29 is 43.2 Å². The van der Waals surface area contributed by atoms with Crippen molar-refractivity contribution in [3.05, 3.63) is 103 Å². The molecule has 49 heavy (non-hydrogen) atoms. The SMILES string of the molecule is C=CC(=O)OCCCCCCOc1ccc(C(=O)Oc2ccc(-c3ccc(OCCCCCCOC(=O)C(=C)CO)c(CC)c3)cc2)cc1. The van der Waals surface area contributed by atoms with Crippen LogP contribution < -0.4 is 14.2 Å². The van der Waals surface area contributed by atoms with Crippen molar-refractivity contribution >= 4 is 17.9 Å². The third-order valence-corrected chi connectivity index (χ3v) is 7.66. The van der Waals surface area contributed by atoms with Crippen LogP contribution in [0.4, 0.5) is 0 Å². The van der Waals surface area contributed by atoms with Gasteiger partial charge < -0.3 is 28.8 Å². The summed E-state index contributed by atoms with van der Waals surface area (Å²) in [6.45, 7) is 10.4. The van der Waals surface area contributed by atoms with Crippen LogP contribution in [0.2, 0.25) is 0 Å². The molecule has 3 aromatic rings. The van der Waals surface area contributed by atoms with Crippen molar-refractivity contribution in [2.45, 2.75) is 64.7 Å². The Labute approximate surface area is 289 Å². The molecule has 262 valence electrons. The van der Waals surface area contributed by atoms with Gasteiger partial charge in [-0.15, -0.1) is 0 Å². The first kappa shape index (κ1) is 38.6. The van der Waals surface area contributed by atoms with Crippen molar-refractivity contribution in [1.82, 2.24) is 0 Å². The zero-order valence-corrected chi connectivity index (χ0v) is 28.5. The summed E-state index contributed by atoms with van der Waals surface area (Å²) >= 11 is 0. The summed E-state index contributed by atoms with van der Waals surface area (Å²) < 4.78 is 27.5. The lowest BCUT2D eigenvalue weighted by atomic mass is 10.0. The van der Waals surface area contributed by atoms with E-state index in [2.05, 4.69) is 26.1 Å². The predicted molar refractivity (Wildman–Crippen MR) is 189 cm³/mol. The number of unbranched alkanes of at least 4 members (excludes halogenated alkanes) is 6. The molecule has 0 aromatic heterocycles. The van der Waals surface area contributed by atoms with Gasteiger partial charge in [0.15, 0.2) is 0 Å². The fraction of sp³-hybridized carbons (Fsp3) is 0.375. The molecule has 0 saturated heterocycles. The predicted octanol–water partition coefficient (Wildman–Crippen LogP) is 7.83. The van der Waals surface area contributed by atoms with Gasteiger partial charge in [-0.1, -0.05) is 38.3 Å². The molecule has 9 heteroatoms. The molecule has 0 spiro atoms. The van der Waals surface area contributed by atoms with Gasteiger partial charge in [-0.3, -0.25) is 0 Å². The highest BCUT2D eigenvalue weighted by Crippen LogP contribution is 2.29. The Morgan fingerprint density at radius 3 is 1.88 bits per heavy atom. The van der Waals surface area contributed by atoms with Gasteiger partial charge in [-0.25, -0.2) is 14.4 Å². The van der Waals surface area contributed by atoms with E-state index in [0.29, 0.717) is 43.5 Å². The van der Waals surface area contributed by atoms with Crippen LogP contribution in [-0.2, 0) is 25.5 Å². The highest BCUT2D eigenvalue weighted by Gasteiger charge is 2.11. The normalized spacial score (nSPS) is 10.6. The molecule has 0 bridgehead atoms. The van der Waals surface area contributed by atoms with E-state index in [1.54, 1.807) is 36.4 Å². The van der Waals surface area contributed by atoms with Crippen molar-refractivity contribution in [2.24, 2.45) is 0 Å². The minimum atomic E-state index is -0.548. The second-order valence-electron chi connectivity index (χ2n) is 11.4. The number of aryl methyl sites for hydroxylation is 1. The van der Waals surface area contributed by atoms with Crippen LogP contribution in [0.1, 0.15) is 74.2 Å². The standard InChI is InChI=1S/C40H48O9/c1-4-31-28-34(18-23-37(31)46-25-11-7-9-13-27-48-39(43)30(3)29-41)32-14-21-36(22-15-32)49-40(44)33-16-19-35(20-17-33)45-24-10-6-8-12-26-47-38(42)5-2/h5,14-23,28,41H,2-4,6-13,24-27,29H2,1H3. The van der Waals surface area contributed by atoms with Crippen molar-refractivity contribution in [1.29, 1.82) is 0 Å². The average molecular weight is 673 g/mol. The molecular formula is C40H48O9. The molecule has 0 heterocycles. The number of carbonyl (C=O) groups excluding carboxylic acids is 3. The molecule has 3 rings (SSSR count). The summed E-state index contributed by atoms with van der Waals surface area (Å²) in [5.74, 6) is 0.618. The zero-order valence-electron chi connectivity index (χ0n) is 28.5. The minimum Gasteiger partial charge on any atom is -0.494 e. The topological polar surface area (TPSA) is 118 Å². The molecule has 0 radical (unpaired) electrons. The van der Waals surface area contributed by atoms with Crippen LogP contribution >= 0.6 is 0 Å². The third-order valence-electron chi connectivity index (χ3n) is 7.66. The summed E-state index contributed by atoms with van der Waals surface area (Å²) in [6.07, 6.45) is 9.09. The van der Waals surface area contributed by atoms with Crippen LogP contribution in [0, 0.1) is 0 Å². The Morgan fingerprint density at radius 1 is 0.694 bits per heavy atom. The van der Waals surface area contributed by atoms with Crippen molar-refractivity contribution in [2.75, 3.05) is 33.0 Å². The molecular weight excluding hydrogens is 624 g/mol. The molecule has 0 fully saturated rings. The largest absolute Gasteiger partial charge is 0.494 e. The summed E-state index contributed by atoms with van der Waals surface area (Å²) in [4.78, 5) is 35.2. The molecule has 3 aromatic carbocycles. The number of ether oxygens (including phenoxy) is 5. The maximum absolute atomic E-state index is 12.7. The van der Waals surface area contributed by atoms with Crippen LogP contribution in [0.15, 0.2) is 91.5 Å². The number of benzene rings is 3. The molecule has 1 N–H and O–H groups in total. The van der Waals surface area contributed by atoms with Gasteiger partial charge in [0.05, 0.1) is 44.2 Å². The Bertz CT molecular complexity index is 1490. The average Bonchev–Trinajstić information content (AvgIpc) is 3.13. The maximum Gasteiger partial charge on any atom is 0.343 e. The molecule has 0 aliphatic rings. The number of aliphatic hydroxyl groups excluding tert-OH is 1. The monoisotopic (exact) mass is 672 g/mol. The summed E-state index contributed by atoms with van der Waals surface area (Å²) in [5, 5.41) is 8.89. The van der Waals surface area contributed by atoms with Gasteiger partial charge in [-0.05, 0) is 123 Å². The molecule has 0 atom stereocenters. The molecule has 0 amide bonds. The van der Waals surface area contributed by atoms with E-state index in [1.165, 1.54) is 0 Å². The smallest absolute Gasteiger partial charge is 0.343 e. The molecule has 0 aliphatic heterocycles. The maximum atomic E-state index is 12.7. The third kappa shape index (κ3) is 14.0. The quantitative estimate of drug-likeness (QED) is 0.0465. The lowest BCUT2D eigenvalue weighted by molar-refractivity contribution is -0.140. The lowest BCUT2D eigenvalue weighted by Gasteiger charge is -2.13. The van der Waals surface area contributed by atoms with Gasteiger partial charge >= 0.3 is 17.9 Å². The zero-order chi connectivity index (χ0) is 35.3. The molecule has 0 aliphatic carbocycles. The van der Waals surface area contributed by atoms with E-state index >= 15 is 0 Å². The van der Waals surface area contributed by atoms with Crippen molar-refractivity contribution in [3.63, 3.8) is 0 Å². The number of hydrogen-bond donors (Lipinski definition) is 1. The highest BCUT2D eigenvalue weighted by molar-refractivity contribution is 5.91. The van der Waals surface area contributed by atoms with E-state index in [0.717, 1.165) is 86.3 Å². The first-order valence-electron chi connectivity index (χ1n) is 16.9. The van der Waals surface area contributed by atoms with Gasteiger partial charge in [-0.2, -0.15) is 0 Å². The Kier molecular flexibility index (Phi) is 17.2. The van der Waals surface area contributed by atoms with E-state index in [-0.39, 0.29) is 12.2 Å². The number of aliphatic hydroxyl groups is 1. The Balaban J connectivity index is 1.37. The first-order valence-corrected chi connectivity index (χ1v) is 16.9. The Hall–Kier alpha value is -4.89. The summed E-state index contributed by atoms with van der Waals surface area (Å²) in [7, 11) is 0. The van der Waals surface area contributed by atoms with E-state index < -0.39 is 17.9 Å². The highest BCUT2D eigenvalue weighted by atomic mass is 16.5. The van der Waals surface area contributed by atoms with Crippen LogP contribution in [0.5, 0.6) is 17.2 Å². The number of rotatable bonds is 23. The minimum absolute atomic E-state index is 0.0675. The first-order chi connectivity index (χ1) is 23.8. The molecule has 0 unspecified atom stereocenters. The van der Waals surface area contributed by atoms with Crippen LogP contribution in [0.25, 0.3) is 11.1 Å². The second-order valence-corrected chi connectivity index (χ2v) is 11.4. The fourth-order valence-electron chi connectivity index (χ4n) is 4.80. The molecule has 0 saturated carbocycles. The number of hydrogen-bond acceptors (Lipinski definition) is 9. The van der Waals surface area contributed by atoms with E-state index in [9.17, 15) is 14.4 Å². The van der Waals surface area contributed by atoms with Gasteiger partial charge in [0.25, 0.3) is 0 Å². The van der Waals surface area contributed by atoms with E-state index in [1.807, 2.05) is 24.3 Å². The van der Waals surface area contributed by atoms with Crippen LogP contribution in [-0.4, -0.2) is 56.0 Å². The molecule has 9 nitrogen and oxygen atoms in total. The van der Waals surface area contributed by atoms with E-state index in [4.69, 9.17) is 28.8 Å². The lowest BCUT2D eigenvalue weighted by Crippen LogP contribution is -2.10. The van der Waals surface area contributed by atoms with Crippen LogP contribution in [0.3, 0.4) is 0 Å². The second kappa shape index (κ2) is 21.9. The fourth-order valence-corrected chi connectivity index (χ4v) is 4.80. The number of carbonyl (C=O) groups is 3. The van der Waals surface area contributed by atoms with Gasteiger partial charge in [0.2, 0.25) is 0 Å². The summed E-state index contributed by atoms with van der Waals surface area (Å²) in [5.41, 5.74) is 3.66. The van der Waals surface area contributed by atoms with Gasteiger partial charge in [0, 0.05) is 6.08 Å². The number of esters is 3.